The predicted octanol–water partition coefficient (Wildman–Crippen LogP) is 0.951. The monoisotopic (exact) mass is 258 g/mol. The Morgan fingerprint density at radius 2 is 1.94 bits per heavy atom. The highest BCUT2D eigenvalue weighted by Gasteiger charge is 2.17. The van der Waals surface area contributed by atoms with Gasteiger partial charge in [-0.05, 0) is 38.3 Å². The molecule has 108 valence electrons. The summed E-state index contributed by atoms with van der Waals surface area (Å²) in [5.74, 6) is 1.37. The fourth-order valence-electron chi connectivity index (χ4n) is 2.41. The van der Waals surface area contributed by atoms with Gasteiger partial charge in [-0.3, -0.25) is 0 Å². The van der Waals surface area contributed by atoms with Crippen molar-refractivity contribution in [1.82, 2.24) is 10.2 Å². The van der Waals surface area contributed by atoms with Crippen LogP contribution >= 0.6 is 0 Å². The molecule has 1 unspecified atom stereocenters. The molecule has 0 aromatic heterocycles. The lowest BCUT2D eigenvalue weighted by molar-refractivity contribution is 0.0479. The smallest absolute Gasteiger partial charge is 0.0791 e. The molecule has 18 heavy (non-hydrogen) atoms. The Balaban J connectivity index is 2.08. The average molecular weight is 258 g/mol. The van der Waals surface area contributed by atoms with Crippen molar-refractivity contribution in [1.29, 1.82) is 0 Å². The van der Waals surface area contributed by atoms with Crippen LogP contribution in [0.15, 0.2) is 0 Å². The number of ether oxygens (including phenoxy) is 1. The first-order valence-corrected chi connectivity index (χ1v) is 7.23. The van der Waals surface area contributed by atoms with Crippen LogP contribution in [0.5, 0.6) is 0 Å². The topological polar surface area (TPSA) is 44.7 Å². The second-order valence-electron chi connectivity index (χ2n) is 5.98. The molecule has 2 N–H and O–H groups in total. The van der Waals surface area contributed by atoms with Crippen LogP contribution in [-0.2, 0) is 4.74 Å². The molecule has 1 rings (SSSR count). The van der Waals surface area contributed by atoms with Crippen LogP contribution in [0.1, 0.15) is 26.7 Å². The lowest BCUT2D eigenvalue weighted by Crippen LogP contribution is -2.40. The minimum Gasteiger partial charge on any atom is -0.390 e. The van der Waals surface area contributed by atoms with Gasteiger partial charge in [0.15, 0.2) is 0 Å². The van der Waals surface area contributed by atoms with Crippen LogP contribution in [-0.4, -0.2) is 62.6 Å². The molecule has 1 fully saturated rings. The van der Waals surface area contributed by atoms with Crippen molar-refractivity contribution in [2.75, 3.05) is 46.4 Å². The summed E-state index contributed by atoms with van der Waals surface area (Å²) in [6, 6.07) is 0. The third-order valence-electron chi connectivity index (χ3n) is 3.37. The van der Waals surface area contributed by atoms with E-state index < -0.39 is 0 Å². The van der Waals surface area contributed by atoms with Gasteiger partial charge in [0, 0.05) is 32.8 Å². The van der Waals surface area contributed by atoms with Gasteiger partial charge in [-0.1, -0.05) is 13.8 Å². The van der Waals surface area contributed by atoms with Gasteiger partial charge >= 0.3 is 0 Å². The molecule has 0 aromatic carbocycles. The first kappa shape index (κ1) is 15.9. The highest BCUT2D eigenvalue weighted by Crippen LogP contribution is 2.15. The van der Waals surface area contributed by atoms with E-state index in [-0.39, 0.29) is 6.10 Å². The van der Waals surface area contributed by atoms with E-state index in [4.69, 9.17) is 4.74 Å². The summed E-state index contributed by atoms with van der Waals surface area (Å²) in [5.41, 5.74) is 0. The summed E-state index contributed by atoms with van der Waals surface area (Å²) in [6.45, 7) is 9.64. The zero-order valence-corrected chi connectivity index (χ0v) is 12.2. The largest absolute Gasteiger partial charge is 0.390 e. The predicted molar refractivity (Wildman–Crippen MR) is 74.8 cm³/mol. The van der Waals surface area contributed by atoms with Crippen LogP contribution in [0.4, 0.5) is 0 Å². The maximum atomic E-state index is 9.93. The Labute approximate surface area is 112 Å². The zero-order chi connectivity index (χ0) is 13.4. The van der Waals surface area contributed by atoms with E-state index in [0.29, 0.717) is 12.5 Å². The van der Waals surface area contributed by atoms with E-state index >= 15 is 0 Å². The Morgan fingerprint density at radius 3 is 2.56 bits per heavy atom. The summed E-state index contributed by atoms with van der Waals surface area (Å²) in [7, 11) is 2.10. The highest BCUT2D eigenvalue weighted by atomic mass is 16.5. The van der Waals surface area contributed by atoms with Crippen molar-refractivity contribution in [3.05, 3.63) is 0 Å². The molecule has 0 aliphatic carbocycles. The first-order chi connectivity index (χ1) is 8.58. The van der Waals surface area contributed by atoms with Crippen LogP contribution in [0, 0.1) is 11.8 Å². The average Bonchev–Trinajstić information content (AvgIpc) is 2.29. The van der Waals surface area contributed by atoms with Gasteiger partial charge in [0.1, 0.15) is 0 Å². The number of hydrogen-bond donors (Lipinski definition) is 2. The van der Waals surface area contributed by atoms with Crippen molar-refractivity contribution < 1.29 is 9.84 Å². The van der Waals surface area contributed by atoms with Crippen LogP contribution in [0.3, 0.4) is 0 Å². The number of likely N-dealkylation sites (N-methyl/N-ethyl adjacent to an activating group) is 1. The lowest BCUT2D eigenvalue weighted by Gasteiger charge is -2.28. The third kappa shape index (κ3) is 7.31. The van der Waals surface area contributed by atoms with Gasteiger partial charge < -0.3 is 20.1 Å². The molecular weight excluding hydrogens is 228 g/mol. The summed E-state index contributed by atoms with van der Waals surface area (Å²) in [4.78, 5) is 2.25. The second-order valence-corrected chi connectivity index (χ2v) is 5.98. The number of rotatable bonds is 8. The quantitative estimate of drug-likeness (QED) is 0.680. The molecule has 0 radical (unpaired) electrons. The van der Waals surface area contributed by atoms with Gasteiger partial charge in [0.05, 0.1) is 6.10 Å². The van der Waals surface area contributed by atoms with Crippen molar-refractivity contribution in [3.8, 4) is 0 Å². The van der Waals surface area contributed by atoms with E-state index in [1.807, 2.05) is 0 Å². The van der Waals surface area contributed by atoms with Gasteiger partial charge in [0.25, 0.3) is 0 Å². The first-order valence-electron chi connectivity index (χ1n) is 7.23. The molecule has 0 aromatic rings. The molecule has 4 heteroatoms. The molecule has 0 amide bonds. The molecule has 1 heterocycles. The summed E-state index contributed by atoms with van der Waals surface area (Å²) >= 11 is 0. The molecule has 1 saturated heterocycles. The minimum atomic E-state index is -0.270. The van der Waals surface area contributed by atoms with Crippen LogP contribution in [0.25, 0.3) is 0 Å². The Bertz CT molecular complexity index is 206. The van der Waals surface area contributed by atoms with E-state index in [0.717, 1.165) is 51.6 Å². The van der Waals surface area contributed by atoms with Crippen molar-refractivity contribution in [3.63, 3.8) is 0 Å². The van der Waals surface area contributed by atoms with Crippen molar-refractivity contribution in [2.45, 2.75) is 32.8 Å². The number of hydrogen-bond acceptors (Lipinski definition) is 4. The Kier molecular flexibility index (Phi) is 7.82. The van der Waals surface area contributed by atoms with Gasteiger partial charge in [-0.15, -0.1) is 0 Å². The van der Waals surface area contributed by atoms with Gasteiger partial charge in [0.2, 0.25) is 0 Å². The van der Waals surface area contributed by atoms with Gasteiger partial charge in [-0.2, -0.15) is 0 Å². The number of nitrogens with one attached hydrogen (secondary N) is 1. The molecular formula is C14H30N2O2. The SMILES string of the molecule is CC(C)CNCC(O)CN(C)CC1CCOCC1. The van der Waals surface area contributed by atoms with E-state index in [1.165, 1.54) is 0 Å². The normalized spacial score (nSPS) is 19.7. The minimum absolute atomic E-state index is 0.270. The van der Waals surface area contributed by atoms with Gasteiger partial charge in [-0.25, -0.2) is 0 Å². The summed E-state index contributed by atoms with van der Waals surface area (Å²) < 4.78 is 5.36. The second kappa shape index (κ2) is 8.86. The Morgan fingerprint density at radius 1 is 1.28 bits per heavy atom. The van der Waals surface area contributed by atoms with E-state index in [1.54, 1.807) is 0 Å². The lowest BCUT2D eigenvalue weighted by atomic mass is 10.00. The maximum Gasteiger partial charge on any atom is 0.0791 e. The maximum absolute atomic E-state index is 9.93. The molecule has 0 saturated carbocycles. The Hall–Kier alpha value is -0.160. The van der Waals surface area contributed by atoms with Crippen LogP contribution in [0.2, 0.25) is 0 Å². The summed E-state index contributed by atoms with van der Waals surface area (Å²) in [5, 5.41) is 13.2. The third-order valence-corrected chi connectivity index (χ3v) is 3.37. The fraction of sp³-hybridized carbons (Fsp3) is 1.00. The number of nitrogens with zero attached hydrogens (tertiary/aromatic N) is 1. The fourth-order valence-corrected chi connectivity index (χ4v) is 2.41. The molecule has 1 aliphatic rings. The molecule has 0 spiro atoms. The molecule has 1 atom stereocenters. The number of aliphatic hydroxyl groups is 1. The van der Waals surface area contributed by atoms with E-state index in [2.05, 4.69) is 31.1 Å². The standard InChI is InChI=1S/C14H30N2O2/c1-12(2)8-15-9-14(17)11-16(3)10-13-4-6-18-7-5-13/h12-15,17H,4-11H2,1-3H3. The molecule has 1 aliphatic heterocycles. The number of aliphatic hydroxyl groups excluding tert-OH is 1. The van der Waals surface area contributed by atoms with Crippen LogP contribution < -0.4 is 5.32 Å². The summed E-state index contributed by atoms with van der Waals surface area (Å²) in [6.07, 6.45) is 2.05. The van der Waals surface area contributed by atoms with Crippen molar-refractivity contribution >= 4 is 0 Å². The van der Waals surface area contributed by atoms with E-state index in [9.17, 15) is 5.11 Å². The molecule has 4 nitrogen and oxygen atoms in total. The highest BCUT2D eigenvalue weighted by molar-refractivity contribution is 4.70. The van der Waals surface area contributed by atoms with Crippen molar-refractivity contribution in [2.24, 2.45) is 11.8 Å². The zero-order valence-electron chi connectivity index (χ0n) is 12.2. The molecule has 0 bridgehead atoms.